The number of alkyl carbamates (subject to hydrolysis) is 1. The Bertz CT molecular complexity index is 2220. The standard InChI is InChI=1S/C52H53N3O6S2/c1-51(2,3)61-46(56)34-53-48(57)44(36-62-47(39-24-12-5-13-25-39)40-26-14-6-15-27-40)54-49(58)45(55-50(59)60-35-38-22-10-4-11-23-38)37-63-52(41-28-16-7-17-29-41,42-30-18-8-19-31-42)43-32-20-9-21-33-43/h4-33,44-45,47H,34-37H2,1-3H3,(H,53,57)(H,54,58)(H,55,59)/t44-,45-/m0/s1. The van der Waals surface area contributed by atoms with E-state index in [2.05, 4.69) is 52.3 Å². The molecule has 0 fully saturated rings. The minimum absolute atomic E-state index is 0.0111. The van der Waals surface area contributed by atoms with Gasteiger partial charge in [0.15, 0.2) is 0 Å². The number of hydrogen-bond acceptors (Lipinski definition) is 8. The summed E-state index contributed by atoms with van der Waals surface area (Å²) in [5.41, 5.74) is 4.98. The molecule has 3 N–H and O–H groups in total. The topological polar surface area (TPSA) is 123 Å². The largest absolute Gasteiger partial charge is 0.459 e. The molecule has 11 heteroatoms. The molecule has 0 aromatic heterocycles. The van der Waals surface area contributed by atoms with E-state index in [1.165, 1.54) is 23.5 Å². The lowest BCUT2D eigenvalue weighted by Crippen LogP contribution is -2.56. The number of thioether (sulfide) groups is 2. The Morgan fingerprint density at radius 2 is 0.968 bits per heavy atom. The molecule has 0 aliphatic carbocycles. The predicted octanol–water partition coefficient (Wildman–Crippen LogP) is 9.47. The van der Waals surface area contributed by atoms with Crippen molar-refractivity contribution in [2.24, 2.45) is 0 Å². The number of ether oxygens (including phenoxy) is 2. The summed E-state index contributed by atoms with van der Waals surface area (Å²) in [7, 11) is 0. The maximum atomic E-state index is 14.8. The average molecular weight is 880 g/mol. The zero-order chi connectivity index (χ0) is 44.5. The van der Waals surface area contributed by atoms with Crippen LogP contribution in [0, 0.1) is 0 Å². The van der Waals surface area contributed by atoms with Crippen molar-refractivity contribution in [1.82, 2.24) is 16.0 Å². The number of benzene rings is 6. The summed E-state index contributed by atoms with van der Waals surface area (Å²) >= 11 is 2.97. The highest BCUT2D eigenvalue weighted by Crippen LogP contribution is 2.48. The lowest BCUT2D eigenvalue weighted by Gasteiger charge is -2.36. The number of carbonyl (C=O) groups is 4. The van der Waals surface area contributed by atoms with Crippen LogP contribution in [0.2, 0.25) is 0 Å². The maximum Gasteiger partial charge on any atom is 0.408 e. The minimum atomic E-state index is -1.18. The molecule has 324 valence electrons. The SMILES string of the molecule is CC(C)(C)OC(=O)CNC(=O)[C@H](CSC(c1ccccc1)c1ccccc1)NC(=O)[C@H](CSC(c1ccccc1)(c1ccccc1)c1ccccc1)NC(=O)OCc1ccccc1. The van der Waals surface area contributed by atoms with Crippen LogP contribution in [-0.4, -0.2) is 59.6 Å². The van der Waals surface area contributed by atoms with Crippen molar-refractivity contribution in [3.8, 4) is 0 Å². The Hall–Kier alpha value is -6.30. The Morgan fingerprint density at radius 1 is 0.540 bits per heavy atom. The molecule has 0 unspecified atom stereocenters. The molecular weight excluding hydrogens is 827 g/mol. The summed E-state index contributed by atoms with van der Waals surface area (Å²) in [5, 5.41) is 8.32. The predicted molar refractivity (Wildman–Crippen MR) is 253 cm³/mol. The van der Waals surface area contributed by atoms with Crippen molar-refractivity contribution in [2.75, 3.05) is 18.1 Å². The van der Waals surface area contributed by atoms with Crippen LogP contribution in [0.15, 0.2) is 182 Å². The van der Waals surface area contributed by atoms with Gasteiger partial charge in [-0.3, -0.25) is 14.4 Å². The first kappa shape index (κ1) is 46.2. The van der Waals surface area contributed by atoms with E-state index in [1.807, 2.05) is 146 Å². The fraction of sp³-hybridized carbons (Fsp3) is 0.231. The van der Waals surface area contributed by atoms with Crippen LogP contribution in [0.5, 0.6) is 0 Å². The van der Waals surface area contributed by atoms with Gasteiger partial charge in [0.05, 0.1) is 10.00 Å². The Morgan fingerprint density at radius 3 is 1.43 bits per heavy atom. The van der Waals surface area contributed by atoms with Gasteiger partial charge in [-0.05, 0) is 54.2 Å². The van der Waals surface area contributed by atoms with Crippen molar-refractivity contribution in [3.63, 3.8) is 0 Å². The van der Waals surface area contributed by atoms with Crippen LogP contribution in [0.1, 0.15) is 59.4 Å². The van der Waals surface area contributed by atoms with E-state index in [9.17, 15) is 19.2 Å². The molecule has 3 amide bonds. The van der Waals surface area contributed by atoms with Gasteiger partial charge in [0.25, 0.3) is 0 Å². The number of hydrogen-bond donors (Lipinski definition) is 3. The molecule has 0 aliphatic rings. The number of rotatable bonds is 19. The van der Waals surface area contributed by atoms with Crippen molar-refractivity contribution in [2.45, 2.75) is 55.1 Å². The Labute approximate surface area is 378 Å². The molecule has 9 nitrogen and oxygen atoms in total. The number of nitrogens with one attached hydrogen (secondary N) is 3. The molecule has 6 aromatic rings. The molecular formula is C52H53N3O6S2. The highest BCUT2D eigenvalue weighted by molar-refractivity contribution is 8.00. The van der Waals surface area contributed by atoms with Gasteiger partial charge in [-0.2, -0.15) is 0 Å². The van der Waals surface area contributed by atoms with E-state index < -0.39 is 52.9 Å². The van der Waals surface area contributed by atoms with E-state index in [4.69, 9.17) is 9.47 Å². The molecule has 0 spiro atoms. The van der Waals surface area contributed by atoms with E-state index in [0.29, 0.717) is 0 Å². The molecule has 0 aliphatic heterocycles. The van der Waals surface area contributed by atoms with E-state index >= 15 is 0 Å². The fourth-order valence-electron chi connectivity index (χ4n) is 7.02. The van der Waals surface area contributed by atoms with Gasteiger partial charge in [-0.1, -0.05) is 182 Å². The zero-order valence-corrected chi connectivity index (χ0v) is 37.3. The monoisotopic (exact) mass is 879 g/mol. The average Bonchev–Trinajstić information content (AvgIpc) is 3.31. The first-order valence-electron chi connectivity index (χ1n) is 20.8. The highest BCUT2D eigenvalue weighted by Gasteiger charge is 2.39. The smallest absolute Gasteiger partial charge is 0.408 e. The molecule has 0 heterocycles. The first-order valence-corrected chi connectivity index (χ1v) is 22.8. The molecule has 6 rings (SSSR count). The quantitative estimate of drug-likeness (QED) is 0.0544. The molecule has 63 heavy (non-hydrogen) atoms. The molecule has 0 saturated heterocycles. The van der Waals surface area contributed by atoms with E-state index in [0.717, 1.165) is 33.4 Å². The third-order valence-corrected chi connectivity index (χ3v) is 13.0. The van der Waals surface area contributed by atoms with Gasteiger partial charge >= 0.3 is 12.1 Å². The van der Waals surface area contributed by atoms with Gasteiger partial charge in [0.1, 0.15) is 30.8 Å². The van der Waals surface area contributed by atoms with Crippen molar-refractivity contribution in [1.29, 1.82) is 0 Å². The third-order valence-electron chi connectivity index (χ3n) is 9.92. The molecule has 2 atom stereocenters. The van der Waals surface area contributed by atoms with Gasteiger partial charge < -0.3 is 25.4 Å². The number of carbonyl (C=O) groups excluding carboxylic acids is 4. The van der Waals surface area contributed by atoms with Crippen molar-refractivity contribution < 1.29 is 28.7 Å². The van der Waals surface area contributed by atoms with E-state index in [1.54, 1.807) is 20.8 Å². The zero-order valence-electron chi connectivity index (χ0n) is 35.6. The van der Waals surface area contributed by atoms with Gasteiger partial charge in [-0.15, -0.1) is 23.5 Å². The van der Waals surface area contributed by atoms with Gasteiger partial charge in [-0.25, -0.2) is 4.79 Å². The highest BCUT2D eigenvalue weighted by atomic mass is 32.2. The summed E-state index contributed by atoms with van der Waals surface area (Å²) in [6.07, 6.45) is -0.794. The van der Waals surface area contributed by atoms with Crippen LogP contribution < -0.4 is 16.0 Å². The van der Waals surface area contributed by atoms with Gasteiger partial charge in [0, 0.05) is 11.5 Å². The van der Waals surface area contributed by atoms with E-state index in [-0.39, 0.29) is 23.4 Å². The van der Waals surface area contributed by atoms with Crippen molar-refractivity contribution in [3.05, 3.63) is 215 Å². The fourth-order valence-corrected chi connectivity index (χ4v) is 9.89. The summed E-state index contributed by atoms with van der Waals surface area (Å²) in [5.74, 6) is -1.60. The van der Waals surface area contributed by atoms with Crippen LogP contribution in [-0.2, 0) is 35.2 Å². The van der Waals surface area contributed by atoms with Crippen LogP contribution in [0.3, 0.4) is 0 Å². The summed E-state index contributed by atoms with van der Waals surface area (Å²) in [4.78, 5) is 55.4. The van der Waals surface area contributed by atoms with Crippen LogP contribution >= 0.6 is 23.5 Å². The Kier molecular flexibility index (Phi) is 16.6. The second-order valence-electron chi connectivity index (χ2n) is 15.7. The van der Waals surface area contributed by atoms with Crippen LogP contribution in [0.25, 0.3) is 0 Å². The maximum absolute atomic E-state index is 14.8. The second kappa shape index (κ2) is 22.7. The second-order valence-corrected chi connectivity index (χ2v) is 18.1. The van der Waals surface area contributed by atoms with Crippen molar-refractivity contribution >= 4 is 47.4 Å². The summed E-state index contributed by atoms with van der Waals surface area (Å²) in [6, 6.07) is 56.9. The molecule has 0 radical (unpaired) electrons. The van der Waals surface area contributed by atoms with Gasteiger partial charge in [0.2, 0.25) is 11.8 Å². The first-order chi connectivity index (χ1) is 30.5. The lowest BCUT2D eigenvalue weighted by molar-refractivity contribution is -0.154. The number of amides is 3. The molecule has 6 aromatic carbocycles. The lowest BCUT2D eigenvalue weighted by atomic mass is 9.84. The normalized spacial score (nSPS) is 12.4. The van der Waals surface area contributed by atoms with Crippen LogP contribution in [0.4, 0.5) is 4.79 Å². The summed E-state index contributed by atoms with van der Waals surface area (Å²) in [6.45, 7) is 4.83. The summed E-state index contributed by atoms with van der Waals surface area (Å²) < 4.78 is 10.3. The Balaban J connectivity index is 1.33. The number of esters is 1. The third kappa shape index (κ3) is 13.3. The minimum Gasteiger partial charge on any atom is -0.459 e. The molecule has 0 bridgehead atoms. The molecule has 0 saturated carbocycles.